The van der Waals surface area contributed by atoms with Crippen LogP contribution in [0.5, 0.6) is 0 Å². The van der Waals surface area contributed by atoms with E-state index < -0.39 is 9.84 Å². The van der Waals surface area contributed by atoms with Gasteiger partial charge in [-0.1, -0.05) is 12.1 Å². The number of H-pyrrole nitrogens is 1. The molecule has 2 aliphatic rings. The number of sulfone groups is 1. The molecular weight excluding hydrogens is 367 g/mol. The number of aryl methyl sites for hydroxylation is 1. The lowest BCUT2D eigenvalue weighted by atomic mass is 10.0. The minimum absolute atomic E-state index is 0.0514. The van der Waals surface area contributed by atoms with Crippen LogP contribution in [0.3, 0.4) is 0 Å². The van der Waals surface area contributed by atoms with Gasteiger partial charge >= 0.3 is 0 Å². The van der Waals surface area contributed by atoms with Gasteiger partial charge < -0.3 is 4.98 Å². The second kappa shape index (κ2) is 7.00. The third-order valence-electron chi connectivity index (χ3n) is 5.88. The maximum absolute atomic E-state index is 14.3. The number of fused-ring (bicyclic) bond motifs is 1. The van der Waals surface area contributed by atoms with Crippen LogP contribution in [0.1, 0.15) is 22.5 Å². The second-order valence-electron chi connectivity index (χ2n) is 7.67. The average Bonchev–Trinajstić information content (AvgIpc) is 3.24. The van der Waals surface area contributed by atoms with Gasteiger partial charge in [0.1, 0.15) is 11.6 Å². The Balaban J connectivity index is 1.56. The number of hydrogen-bond donors (Lipinski definition) is 1. The summed E-state index contributed by atoms with van der Waals surface area (Å²) >= 11 is 0. The Labute approximate surface area is 159 Å². The molecule has 4 rings (SSSR count). The first-order valence-electron chi connectivity index (χ1n) is 9.25. The normalized spacial score (nSPS) is 25.6. The van der Waals surface area contributed by atoms with Crippen LogP contribution >= 0.6 is 0 Å². The molecule has 0 spiro atoms. The molecular formula is C19H25FN4O2S. The highest BCUT2D eigenvalue weighted by Gasteiger charge is 2.46. The van der Waals surface area contributed by atoms with Crippen molar-refractivity contribution in [2.45, 2.75) is 39.0 Å². The van der Waals surface area contributed by atoms with Gasteiger partial charge in [0.15, 0.2) is 9.84 Å². The van der Waals surface area contributed by atoms with E-state index in [1.165, 1.54) is 0 Å². The molecule has 0 saturated carbocycles. The Bertz CT molecular complexity index is 929. The van der Waals surface area contributed by atoms with Crippen LogP contribution in [-0.2, 0) is 22.9 Å². The van der Waals surface area contributed by atoms with Crippen LogP contribution in [0.25, 0.3) is 0 Å². The number of rotatable bonds is 4. The van der Waals surface area contributed by atoms with Gasteiger partial charge in [-0.15, -0.1) is 0 Å². The summed E-state index contributed by atoms with van der Waals surface area (Å²) in [6, 6.07) is 3.64. The SMILES string of the molecule is Cc1ccc(CN2CCN(Cc3ncc[nH]3)[C@@H]3CS(=O)(=O)C[C@@H]32)c(C)c1F. The molecule has 2 atom stereocenters. The first-order chi connectivity index (χ1) is 12.8. The molecule has 2 saturated heterocycles. The van der Waals surface area contributed by atoms with E-state index >= 15 is 0 Å². The van der Waals surface area contributed by atoms with E-state index in [2.05, 4.69) is 19.8 Å². The van der Waals surface area contributed by atoms with Gasteiger partial charge in [0, 0.05) is 44.1 Å². The Morgan fingerprint density at radius 3 is 2.44 bits per heavy atom. The van der Waals surface area contributed by atoms with E-state index in [4.69, 9.17) is 0 Å². The number of halogens is 1. The number of aromatic amines is 1. The van der Waals surface area contributed by atoms with Crippen molar-refractivity contribution in [2.24, 2.45) is 0 Å². The molecule has 0 amide bonds. The summed E-state index contributed by atoms with van der Waals surface area (Å²) in [6.45, 7) is 6.29. The number of nitrogens with one attached hydrogen (secondary N) is 1. The first kappa shape index (κ1) is 18.6. The minimum Gasteiger partial charge on any atom is -0.348 e. The predicted molar refractivity (Wildman–Crippen MR) is 102 cm³/mol. The van der Waals surface area contributed by atoms with E-state index in [-0.39, 0.29) is 29.4 Å². The summed E-state index contributed by atoms with van der Waals surface area (Å²) in [5, 5.41) is 0. The maximum Gasteiger partial charge on any atom is 0.153 e. The number of piperazine rings is 1. The van der Waals surface area contributed by atoms with Crippen LogP contribution in [0.2, 0.25) is 0 Å². The smallest absolute Gasteiger partial charge is 0.153 e. The lowest BCUT2D eigenvalue weighted by molar-refractivity contribution is 0.0340. The molecule has 0 radical (unpaired) electrons. The Hall–Kier alpha value is -1.77. The standard InChI is InChI=1S/C19H25FN4O2S/c1-13-3-4-15(14(2)19(13)20)9-23-7-8-24(10-18-21-5-6-22-18)17-12-27(25,26)11-16(17)23/h3-6,16-17H,7-12H2,1-2H3,(H,21,22)/t16-,17+/m0/s1. The van der Waals surface area contributed by atoms with Gasteiger partial charge in [0.25, 0.3) is 0 Å². The summed E-state index contributed by atoms with van der Waals surface area (Å²) < 4.78 is 39.0. The lowest BCUT2D eigenvalue weighted by Gasteiger charge is -2.43. The zero-order valence-corrected chi connectivity index (χ0v) is 16.5. The van der Waals surface area contributed by atoms with Crippen molar-refractivity contribution in [1.29, 1.82) is 0 Å². The Morgan fingerprint density at radius 2 is 1.81 bits per heavy atom. The number of imidazole rings is 1. The van der Waals surface area contributed by atoms with Gasteiger partial charge in [0.2, 0.25) is 0 Å². The number of nitrogens with zero attached hydrogens (tertiary/aromatic N) is 3. The number of aromatic nitrogens is 2. The van der Waals surface area contributed by atoms with Crippen LogP contribution in [0.4, 0.5) is 4.39 Å². The summed E-state index contributed by atoms with van der Waals surface area (Å²) in [4.78, 5) is 11.8. The van der Waals surface area contributed by atoms with Crippen molar-refractivity contribution in [3.8, 4) is 0 Å². The van der Waals surface area contributed by atoms with Gasteiger partial charge in [-0.25, -0.2) is 17.8 Å². The monoisotopic (exact) mass is 392 g/mol. The first-order valence-corrected chi connectivity index (χ1v) is 11.1. The third kappa shape index (κ3) is 3.66. The summed E-state index contributed by atoms with van der Waals surface area (Å²) in [5.41, 5.74) is 2.23. The molecule has 146 valence electrons. The van der Waals surface area contributed by atoms with Crippen molar-refractivity contribution < 1.29 is 12.8 Å². The van der Waals surface area contributed by atoms with E-state index in [0.717, 1.165) is 24.5 Å². The highest BCUT2D eigenvalue weighted by atomic mass is 32.2. The van der Waals surface area contributed by atoms with Crippen LogP contribution in [0.15, 0.2) is 24.5 Å². The number of hydrogen-bond acceptors (Lipinski definition) is 5. The van der Waals surface area contributed by atoms with E-state index in [1.807, 2.05) is 6.07 Å². The Kier molecular flexibility index (Phi) is 4.82. The van der Waals surface area contributed by atoms with E-state index in [1.54, 1.807) is 32.3 Å². The topological polar surface area (TPSA) is 69.3 Å². The molecule has 0 bridgehead atoms. The molecule has 3 heterocycles. The molecule has 1 aromatic carbocycles. The molecule has 1 aromatic heterocycles. The molecule has 0 aliphatic carbocycles. The summed E-state index contributed by atoms with van der Waals surface area (Å²) in [7, 11) is -3.08. The fourth-order valence-electron chi connectivity index (χ4n) is 4.32. The highest BCUT2D eigenvalue weighted by Crippen LogP contribution is 2.30. The van der Waals surface area contributed by atoms with Crippen LogP contribution in [0, 0.1) is 19.7 Å². The van der Waals surface area contributed by atoms with Gasteiger partial charge in [-0.05, 0) is 30.5 Å². The van der Waals surface area contributed by atoms with E-state index in [0.29, 0.717) is 24.2 Å². The maximum atomic E-state index is 14.3. The molecule has 2 aliphatic heterocycles. The molecule has 2 fully saturated rings. The zero-order chi connectivity index (χ0) is 19.2. The molecule has 0 unspecified atom stereocenters. The van der Waals surface area contributed by atoms with Crippen molar-refractivity contribution in [3.05, 3.63) is 52.9 Å². The minimum atomic E-state index is -3.08. The van der Waals surface area contributed by atoms with Gasteiger partial charge in [0.05, 0.1) is 18.1 Å². The highest BCUT2D eigenvalue weighted by molar-refractivity contribution is 7.91. The molecule has 2 aromatic rings. The Morgan fingerprint density at radius 1 is 1.15 bits per heavy atom. The largest absolute Gasteiger partial charge is 0.348 e. The van der Waals surface area contributed by atoms with Crippen molar-refractivity contribution in [3.63, 3.8) is 0 Å². The third-order valence-corrected chi connectivity index (χ3v) is 7.58. The molecule has 27 heavy (non-hydrogen) atoms. The van der Waals surface area contributed by atoms with Crippen molar-refractivity contribution in [1.82, 2.24) is 19.8 Å². The van der Waals surface area contributed by atoms with Crippen molar-refractivity contribution >= 4 is 9.84 Å². The average molecular weight is 393 g/mol. The predicted octanol–water partition coefficient (Wildman–Crippen LogP) is 1.65. The zero-order valence-electron chi connectivity index (χ0n) is 15.7. The lowest BCUT2D eigenvalue weighted by Crippen LogP contribution is -2.58. The quantitative estimate of drug-likeness (QED) is 0.857. The summed E-state index contributed by atoms with van der Waals surface area (Å²) in [5.74, 6) is 1.03. The van der Waals surface area contributed by atoms with Crippen LogP contribution in [-0.4, -0.2) is 64.9 Å². The van der Waals surface area contributed by atoms with Gasteiger partial charge in [-0.2, -0.15) is 0 Å². The fourth-order valence-corrected chi connectivity index (χ4v) is 6.36. The van der Waals surface area contributed by atoms with Gasteiger partial charge in [-0.3, -0.25) is 9.80 Å². The number of benzene rings is 1. The summed E-state index contributed by atoms with van der Waals surface area (Å²) in [6.07, 6.45) is 3.49. The van der Waals surface area contributed by atoms with Crippen LogP contribution < -0.4 is 0 Å². The molecule has 6 nitrogen and oxygen atoms in total. The molecule has 1 N–H and O–H groups in total. The molecule has 8 heteroatoms. The van der Waals surface area contributed by atoms with Crippen molar-refractivity contribution in [2.75, 3.05) is 24.6 Å². The van der Waals surface area contributed by atoms with E-state index in [9.17, 15) is 12.8 Å². The fraction of sp³-hybridized carbons (Fsp3) is 0.526. The second-order valence-corrected chi connectivity index (χ2v) is 9.82.